The molecule has 0 unspecified atom stereocenters. The van der Waals surface area contributed by atoms with E-state index in [0.29, 0.717) is 0 Å². The Morgan fingerprint density at radius 2 is 2.17 bits per heavy atom. The van der Waals surface area contributed by atoms with E-state index in [1.807, 2.05) is 18.2 Å². The first-order valence-corrected chi connectivity index (χ1v) is 6.52. The highest BCUT2D eigenvalue weighted by molar-refractivity contribution is 6.30. The summed E-state index contributed by atoms with van der Waals surface area (Å²) in [5.41, 5.74) is 3.63. The van der Waals surface area contributed by atoms with Crippen LogP contribution in [0.2, 0.25) is 5.02 Å². The minimum atomic E-state index is 0.740. The number of anilines is 1. The van der Waals surface area contributed by atoms with Crippen molar-refractivity contribution in [1.82, 2.24) is 9.97 Å². The summed E-state index contributed by atoms with van der Waals surface area (Å²) in [5, 5.41) is 4.14. The van der Waals surface area contributed by atoms with E-state index < -0.39 is 0 Å². The summed E-state index contributed by atoms with van der Waals surface area (Å²) in [6.07, 6.45) is 4.97. The smallest absolute Gasteiger partial charge is 0.133 e. The molecule has 0 fully saturated rings. The van der Waals surface area contributed by atoms with E-state index in [1.54, 1.807) is 6.33 Å². The second-order valence-corrected chi connectivity index (χ2v) is 4.92. The number of halogens is 1. The van der Waals surface area contributed by atoms with Crippen LogP contribution in [0.3, 0.4) is 0 Å². The number of aryl methyl sites for hydroxylation is 1. The first kappa shape index (κ1) is 11.5. The summed E-state index contributed by atoms with van der Waals surface area (Å²) < 4.78 is 0. The van der Waals surface area contributed by atoms with Gasteiger partial charge in [-0.1, -0.05) is 23.7 Å². The van der Waals surface area contributed by atoms with Gasteiger partial charge in [0.25, 0.3) is 0 Å². The van der Waals surface area contributed by atoms with Gasteiger partial charge in [0.2, 0.25) is 0 Å². The van der Waals surface area contributed by atoms with E-state index in [1.165, 1.54) is 17.7 Å². The highest BCUT2D eigenvalue weighted by Crippen LogP contribution is 2.25. The molecule has 1 aromatic heterocycles. The number of rotatable bonds is 3. The van der Waals surface area contributed by atoms with E-state index in [2.05, 4.69) is 21.4 Å². The topological polar surface area (TPSA) is 37.8 Å². The molecule has 0 aliphatic heterocycles. The number of aromatic nitrogens is 2. The normalized spacial score (nSPS) is 13.4. The third kappa shape index (κ3) is 2.31. The van der Waals surface area contributed by atoms with E-state index >= 15 is 0 Å². The average molecular weight is 260 g/mol. The molecule has 2 aromatic rings. The third-order valence-electron chi connectivity index (χ3n) is 3.22. The van der Waals surface area contributed by atoms with Crippen LogP contribution in [0.4, 0.5) is 5.82 Å². The molecule has 1 aliphatic rings. The highest BCUT2D eigenvalue weighted by Gasteiger charge is 2.16. The Morgan fingerprint density at radius 3 is 3.06 bits per heavy atom. The molecule has 0 saturated heterocycles. The number of fused-ring (bicyclic) bond motifs is 1. The predicted molar refractivity (Wildman–Crippen MR) is 72.8 cm³/mol. The Labute approximate surface area is 111 Å². The van der Waals surface area contributed by atoms with Crippen LogP contribution in [0.5, 0.6) is 0 Å². The van der Waals surface area contributed by atoms with E-state index in [-0.39, 0.29) is 0 Å². The van der Waals surface area contributed by atoms with Gasteiger partial charge in [-0.3, -0.25) is 0 Å². The van der Waals surface area contributed by atoms with Crippen LogP contribution in [-0.2, 0) is 19.4 Å². The maximum Gasteiger partial charge on any atom is 0.133 e. The summed E-state index contributed by atoms with van der Waals surface area (Å²) in [6, 6.07) is 7.87. The molecule has 92 valence electrons. The van der Waals surface area contributed by atoms with E-state index in [4.69, 9.17) is 11.6 Å². The van der Waals surface area contributed by atoms with Gasteiger partial charge in [-0.15, -0.1) is 0 Å². The van der Waals surface area contributed by atoms with Crippen LogP contribution < -0.4 is 5.32 Å². The summed E-state index contributed by atoms with van der Waals surface area (Å²) in [4.78, 5) is 8.65. The lowest BCUT2D eigenvalue weighted by molar-refractivity contribution is 0.899. The van der Waals surface area contributed by atoms with Crippen molar-refractivity contribution in [2.45, 2.75) is 25.8 Å². The van der Waals surface area contributed by atoms with Crippen molar-refractivity contribution in [3.63, 3.8) is 0 Å². The van der Waals surface area contributed by atoms with Gasteiger partial charge in [-0.2, -0.15) is 0 Å². The molecule has 1 heterocycles. The van der Waals surface area contributed by atoms with Gasteiger partial charge in [0.1, 0.15) is 12.1 Å². The number of hydrogen-bond donors (Lipinski definition) is 1. The average Bonchev–Trinajstić information content (AvgIpc) is 2.85. The van der Waals surface area contributed by atoms with Gasteiger partial charge in [-0.25, -0.2) is 9.97 Å². The minimum absolute atomic E-state index is 0.740. The van der Waals surface area contributed by atoms with Crippen LogP contribution in [0.1, 0.15) is 23.2 Å². The predicted octanol–water partition coefficient (Wildman–Crippen LogP) is 3.23. The quantitative estimate of drug-likeness (QED) is 0.920. The maximum atomic E-state index is 5.97. The molecule has 3 rings (SSSR count). The van der Waals surface area contributed by atoms with Gasteiger partial charge < -0.3 is 5.32 Å². The monoisotopic (exact) mass is 259 g/mol. The molecular weight excluding hydrogens is 246 g/mol. The molecule has 1 aromatic carbocycles. The van der Waals surface area contributed by atoms with Crippen LogP contribution in [0.25, 0.3) is 0 Å². The van der Waals surface area contributed by atoms with Gasteiger partial charge in [0.05, 0.1) is 0 Å². The molecule has 18 heavy (non-hydrogen) atoms. The zero-order valence-electron chi connectivity index (χ0n) is 9.99. The van der Waals surface area contributed by atoms with E-state index in [9.17, 15) is 0 Å². The summed E-state index contributed by atoms with van der Waals surface area (Å²) >= 11 is 5.97. The highest BCUT2D eigenvalue weighted by atomic mass is 35.5. The number of nitrogens with zero attached hydrogens (tertiary/aromatic N) is 2. The second-order valence-electron chi connectivity index (χ2n) is 4.48. The minimum Gasteiger partial charge on any atom is -0.366 e. The Bertz CT molecular complexity index is 569. The molecule has 0 bridgehead atoms. The van der Waals surface area contributed by atoms with Crippen LogP contribution in [-0.4, -0.2) is 9.97 Å². The van der Waals surface area contributed by atoms with Crippen molar-refractivity contribution in [3.8, 4) is 0 Å². The second kappa shape index (κ2) is 4.94. The molecule has 0 spiro atoms. The first-order chi connectivity index (χ1) is 8.83. The Hall–Kier alpha value is -1.61. The third-order valence-corrected chi connectivity index (χ3v) is 3.46. The Kier molecular flexibility index (Phi) is 3.15. The summed E-state index contributed by atoms with van der Waals surface area (Å²) in [5.74, 6) is 0.970. The number of hydrogen-bond acceptors (Lipinski definition) is 3. The van der Waals surface area contributed by atoms with Crippen molar-refractivity contribution >= 4 is 17.4 Å². The first-order valence-electron chi connectivity index (χ1n) is 6.14. The van der Waals surface area contributed by atoms with Gasteiger partial charge in [0, 0.05) is 22.8 Å². The van der Waals surface area contributed by atoms with Gasteiger partial charge in [0.15, 0.2) is 0 Å². The van der Waals surface area contributed by atoms with Crippen LogP contribution in [0.15, 0.2) is 30.6 Å². The Balaban J connectivity index is 1.76. The number of benzene rings is 1. The molecule has 4 heteroatoms. The van der Waals surface area contributed by atoms with Crippen LogP contribution in [0, 0.1) is 0 Å². The molecule has 0 atom stereocenters. The summed E-state index contributed by atoms with van der Waals surface area (Å²) in [7, 11) is 0. The lowest BCUT2D eigenvalue weighted by atomic mass is 10.2. The summed E-state index contributed by atoms with van der Waals surface area (Å²) in [6.45, 7) is 0.740. The molecule has 0 saturated carbocycles. The van der Waals surface area contributed by atoms with Crippen molar-refractivity contribution in [3.05, 3.63) is 52.4 Å². The maximum absolute atomic E-state index is 5.97. The van der Waals surface area contributed by atoms with Crippen molar-refractivity contribution in [1.29, 1.82) is 0 Å². The fraction of sp³-hybridized carbons (Fsp3) is 0.286. The standard InChI is InChI=1S/C14H14ClN3/c15-11-4-1-3-10(7-11)8-16-14-12-5-2-6-13(12)17-9-18-14/h1,3-4,7,9H,2,5-6,8H2,(H,16,17,18). The lowest BCUT2D eigenvalue weighted by Crippen LogP contribution is -2.05. The largest absolute Gasteiger partial charge is 0.366 e. The van der Waals surface area contributed by atoms with Gasteiger partial charge in [-0.05, 0) is 37.0 Å². The van der Waals surface area contributed by atoms with Crippen molar-refractivity contribution < 1.29 is 0 Å². The SMILES string of the molecule is Clc1cccc(CNc2ncnc3c2CCC3)c1. The molecular formula is C14H14ClN3. The van der Waals surface area contributed by atoms with Crippen LogP contribution >= 0.6 is 11.6 Å². The molecule has 1 N–H and O–H groups in total. The zero-order valence-corrected chi connectivity index (χ0v) is 10.7. The molecule has 3 nitrogen and oxygen atoms in total. The fourth-order valence-corrected chi connectivity index (χ4v) is 2.56. The van der Waals surface area contributed by atoms with Crippen molar-refractivity contribution in [2.75, 3.05) is 5.32 Å². The Morgan fingerprint density at radius 1 is 1.22 bits per heavy atom. The molecule has 0 amide bonds. The van der Waals surface area contributed by atoms with Gasteiger partial charge >= 0.3 is 0 Å². The lowest BCUT2D eigenvalue weighted by Gasteiger charge is -2.09. The molecule has 1 aliphatic carbocycles. The zero-order chi connectivity index (χ0) is 12.4. The van der Waals surface area contributed by atoms with E-state index in [0.717, 1.165) is 35.8 Å². The fourth-order valence-electron chi connectivity index (χ4n) is 2.34. The molecule has 0 radical (unpaired) electrons. The van der Waals surface area contributed by atoms with Crippen molar-refractivity contribution in [2.24, 2.45) is 0 Å². The number of nitrogens with one attached hydrogen (secondary N) is 1.